The molecule has 0 heterocycles. The van der Waals surface area contributed by atoms with Crippen LogP contribution in [-0.4, -0.2) is 6.54 Å². The van der Waals surface area contributed by atoms with Crippen molar-refractivity contribution in [2.45, 2.75) is 24.7 Å². The van der Waals surface area contributed by atoms with Crippen molar-refractivity contribution in [2.75, 3.05) is 6.54 Å². The van der Waals surface area contributed by atoms with E-state index < -0.39 is 0 Å². The Morgan fingerprint density at radius 1 is 1.31 bits per heavy atom. The van der Waals surface area contributed by atoms with Gasteiger partial charge in [-0.3, -0.25) is 0 Å². The smallest absolute Gasteiger partial charge is 0.0823 e. The monoisotopic (exact) mass is 212 g/mol. The van der Waals surface area contributed by atoms with Gasteiger partial charge in [0.15, 0.2) is 0 Å². The highest BCUT2D eigenvalue weighted by molar-refractivity contribution is 5.51. The lowest BCUT2D eigenvalue weighted by Crippen LogP contribution is -2.01. The van der Waals surface area contributed by atoms with Gasteiger partial charge in [0.25, 0.3) is 0 Å². The Morgan fingerprint density at radius 2 is 2.00 bits per heavy atom. The van der Waals surface area contributed by atoms with Gasteiger partial charge in [-0.25, -0.2) is 0 Å². The third kappa shape index (κ3) is 2.15. The van der Waals surface area contributed by atoms with Gasteiger partial charge in [-0.1, -0.05) is 36.4 Å². The second-order valence-corrected chi connectivity index (χ2v) is 4.30. The maximum Gasteiger partial charge on any atom is 0.0823 e. The summed E-state index contributed by atoms with van der Waals surface area (Å²) < 4.78 is 0. The van der Waals surface area contributed by atoms with E-state index in [1.54, 1.807) is 0 Å². The van der Waals surface area contributed by atoms with E-state index in [1.807, 2.05) is 0 Å². The number of benzene rings is 1. The lowest BCUT2D eigenvalue weighted by molar-refractivity contribution is 0.908. The molecule has 0 atom stereocenters. The van der Waals surface area contributed by atoms with E-state index in [0.29, 0.717) is 6.54 Å². The molecular formula is C14H16N2. The molecule has 0 amide bonds. The summed E-state index contributed by atoms with van der Waals surface area (Å²) in [5.74, 6) is 0. The summed E-state index contributed by atoms with van der Waals surface area (Å²) in [7, 11) is 0. The van der Waals surface area contributed by atoms with Crippen LogP contribution < -0.4 is 5.73 Å². The zero-order chi connectivity index (χ0) is 11.4. The van der Waals surface area contributed by atoms with E-state index >= 15 is 0 Å². The summed E-state index contributed by atoms with van der Waals surface area (Å²) in [4.78, 5) is 0. The van der Waals surface area contributed by atoms with Crippen molar-refractivity contribution in [3.63, 3.8) is 0 Å². The van der Waals surface area contributed by atoms with Crippen LogP contribution in [0.4, 0.5) is 0 Å². The Morgan fingerprint density at radius 3 is 2.50 bits per heavy atom. The first-order valence-electron chi connectivity index (χ1n) is 5.69. The fraction of sp³-hybridized carbons (Fsp3) is 0.357. The molecule has 1 aromatic rings. The molecule has 0 aromatic heterocycles. The minimum Gasteiger partial charge on any atom is -0.330 e. The Bertz CT molecular complexity index is 419. The maximum atomic E-state index is 9.07. The van der Waals surface area contributed by atoms with Gasteiger partial charge in [-0.2, -0.15) is 5.26 Å². The summed E-state index contributed by atoms with van der Waals surface area (Å²) in [5, 5.41) is 9.07. The average molecular weight is 212 g/mol. The van der Waals surface area contributed by atoms with Gasteiger partial charge >= 0.3 is 0 Å². The van der Waals surface area contributed by atoms with E-state index in [4.69, 9.17) is 11.0 Å². The maximum absolute atomic E-state index is 9.07. The lowest BCUT2D eigenvalue weighted by Gasteiger charge is -2.05. The van der Waals surface area contributed by atoms with Gasteiger partial charge in [0.05, 0.1) is 11.5 Å². The summed E-state index contributed by atoms with van der Waals surface area (Å²) in [6.45, 7) is 0.687. The van der Waals surface area contributed by atoms with Gasteiger partial charge in [0, 0.05) is 0 Å². The Labute approximate surface area is 96.4 Å². The molecule has 0 aliphatic heterocycles. The van der Waals surface area contributed by atoms with Crippen LogP contribution in [0.5, 0.6) is 0 Å². The molecule has 1 aliphatic rings. The van der Waals surface area contributed by atoms with Crippen LogP contribution in [0, 0.1) is 11.3 Å². The van der Waals surface area contributed by atoms with Crippen LogP contribution in [0.2, 0.25) is 0 Å². The van der Waals surface area contributed by atoms with Crippen molar-refractivity contribution < 1.29 is 0 Å². The number of rotatable bonds is 4. The normalized spacial score (nSPS) is 17.2. The largest absolute Gasteiger partial charge is 0.330 e. The molecular weight excluding hydrogens is 196 g/mol. The summed E-state index contributed by atoms with van der Waals surface area (Å²) in [6, 6.07) is 10.7. The third-order valence-electron chi connectivity index (χ3n) is 3.07. The third-order valence-corrected chi connectivity index (χ3v) is 3.07. The lowest BCUT2D eigenvalue weighted by atomic mass is 9.96. The van der Waals surface area contributed by atoms with Crippen LogP contribution in [0.15, 0.2) is 30.3 Å². The number of nitrogens with two attached hydrogens (primary N) is 1. The number of hydrogen-bond donors (Lipinski definition) is 1. The predicted molar refractivity (Wildman–Crippen MR) is 65.7 cm³/mol. The molecule has 2 nitrogen and oxygen atoms in total. The molecule has 16 heavy (non-hydrogen) atoms. The Kier molecular flexibility index (Phi) is 3.07. The summed E-state index contributed by atoms with van der Waals surface area (Å²) in [6.07, 6.45) is 7.07. The van der Waals surface area contributed by atoms with Crippen LogP contribution >= 0.6 is 0 Å². The molecule has 0 spiro atoms. The van der Waals surface area contributed by atoms with Crippen molar-refractivity contribution in [2.24, 2.45) is 5.73 Å². The van der Waals surface area contributed by atoms with Gasteiger partial charge in [-0.05, 0) is 36.9 Å². The molecule has 2 N–H and O–H groups in total. The minimum atomic E-state index is -0.167. The highest BCUT2D eigenvalue weighted by atomic mass is 14.5. The van der Waals surface area contributed by atoms with E-state index in [9.17, 15) is 0 Å². The number of nitriles is 1. The first-order chi connectivity index (χ1) is 7.80. The zero-order valence-electron chi connectivity index (χ0n) is 9.32. The van der Waals surface area contributed by atoms with Crippen LogP contribution in [0.3, 0.4) is 0 Å². The SMILES string of the molecule is N#CC1(c2ccc(C=CCCN)cc2)CC1. The van der Waals surface area contributed by atoms with Gasteiger partial charge in [0.2, 0.25) is 0 Å². The van der Waals surface area contributed by atoms with Crippen LogP contribution in [0.25, 0.3) is 6.08 Å². The second kappa shape index (κ2) is 4.51. The molecule has 2 rings (SSSR count). The van der Waals surface area contributed by atoms with Gasteiger partial charge in [-0.15, -0.1) is 0 Å². The van der Waals surface area contributed by atoms with E-state index in [2.05, 4.69) is 42.5 Å². The predicted octanol–water partition coefficient (Wildman–Crippen LogP) is 2.60. The Balaban J connectivity index is 2.09. The van der Waals surface area contributed by atoms with E-state index in [0.717, 1.165) is 24.8 Å². The topological polar surface area (TPSA) is 49.8 Å². The standard InChI is InChI=1S/C14H16N2/c15-10-2-1-3-12-4-6-13(7-5-12)14(11-16)8-9-14/h1,3-7H,2,8-10,15H2. The van der Waals surface area contributed by atoms with E-state index in [-0.39, 0.29) is 5.41 Å². The molecule has 2 heteroatoms. The number of nitrogens with zero attached hydrogens (tertiary/aromatic N) is 1. The summed E-state index contributed by atoms with van der Waals surface area (Å²) in [5.41, 5.74) is 7.58. The van der Waals surface area contributed by atoms with Gasteiger partial charge < -0.3 is 5.73 Å². The molecule has 1 saturated carbocycles. The highest BCUT2D eigenvalue weighted by Gasteiger charge is 2.44. The van der Waals surface area contributed by atoms with Gasteiger partial charge in [0.1, 0.15) is 0 Å². The summed E-state index contributed by atoms with van der Waals surface area (Å²) >= 11 is 0. The second-order valence-electron chi connectivity index (χ2n) is 4.30. The molecule has 1 aromatic carbocycles. The van der Waals surface area contributed by atoms with Crippen LogP contribution in [0.1, 0.15) is 30.4 Å². The quantitative estimate of drug-likeness (QED) is 0.834. The minimum absolute atomic E-state index is 0.167. The molecule has 0 saturated heterocycles. The highest BCUT2D eigenvalue weighted by Crippen LogP contribution is 2.47. The average Bonchev–Trinajstić information content (AvgIpc) is 3.11. The molecule has 0 unspecified atom stereocenters. The van der Waals surface area contributed by atoms with Crippen molar-refractivity contribution in [3.8, 4) is 6.07 Å². The molecule has 0 radical (unpaired) electrons. The first-order valence-corrected chi connectivity index (χ1v) is 5.69. The first kappa shape index (κ1) is 10.9. The molecule has 1 aliphatic carbocycles. The molecule has 0 bridgehead atoms. The van der Waals surface area contributed by atoms with Crippen molar-refractivity contribution >= 4 is 6.08 Å². The zero-order valence-corrected chi connectivity index (χ0v) is 9.32. The number of hydrogen-bond acceptors (Lipinski definition) is 2. The van der Waals surface area contributed by atoms with E-state index in [1.165, 1.54) is 5.56 Å². The van der Waals surface area contributed by atoms with Crippen molar-refractivity contribution in [1.29, 1.82) is 5.26 Å². The van der Waals surface area contributed by atoms with Crippen molar-refractivity contribution in [3.05, 3.63) is 41.5 Å². The van der Waals surface area contributed by atoms with Crippen molar-refractivity contribution in [1.82, 2.24) is 0 Å². The fourth-order valence-corrected chi connectivity index (χ4v) is 1.82. The van der Waals surface area contributed by atoms with Crippen LogP contribution in [-0.2, 0) is 5.41 Å². The molecule has 1 fully saturated rings. The fourth-order valence-electron chi connectivity index (χ4n) is 1.82. The molecule has 82 valence electrons. The Hall–Kier alpha value is -1.59.